The summed E-state index contributed by atoms with van der Waals surface area (Å²) < 4.78 is 0. The molecule has 188 valence electrons. The Morgan fingerprint density at radius 1 is 1.12 bits per heavy atom. The lowest BCUT2D eigenvalue weighted by molar-refractivity contribution is -0.154. The van der Waals surface area contributed by atoms with E-state index >= 15 is 0 Å². The van der Waals surface area contributed by atoms with E-state index in [1.807, 2.05) is 0 Å². The molecule has 0 aliphatic heterocycles. The fraction of sp³-hybridized carbons (Fsp3) is 0.889. The third kappa shape index (κ3) is 3.85. The number of hydrogen-bond acceptors (Lipinski definition) is 6. The first-order chi connectivity index (χ1) is 15.1. The standard InChI is InChI=1S/C27H44O6/c1-15(20(28)8-9-24(2,3)32)16-7-11-27(33)18-12-21(29)19-13-22(30)23(31)14-25(19,4)17(18)6-10-26(16,27)5/h12,15-17,19-20,22-23,28,30-33H,6-11,13-14H2,1-5H3/t15-,16+,17-,19?,20+,22?,23?,25+,26+,27?/m0/s1. The summed E-state index contributed by atoms with van der Waals surface area (Å²) in [6.45, 7) is 9.74. The van der Waals surface area contributed by atoms with Gasteiger partial charge in [0.25, 0.3) is 0 Å². The summed E-state index contributed by atoms with van der Waals surface area (Å²) in [4.78, 5) is 13.2. The topological polar surface area (TPSA) is 118 Å². The van der Waals surface area contributed by atoms with Gasteiger partial charge >= 0.3 is 0 Å². The van der Waals surface area contributed by atoms with Crippen LogP contribution in [0.1, 0.15) is 86.0 Å². The minimum atomic E-state index is -1.10. The molecule has 4 aliphatic rings. The zero-order chi connectivity index (χ0) is 24.6. The molecular formula is C27H44O6. The highest BCUT2D eigenvalue weighted by Gasteiger charge is 2.67. The van der Waals surface area contributed by atoms with Gasteiger partial charge < -0.3 is 25.5 Å². The summed E-state index contributed by atoms with van der Waals surface area (Å²) in [6.07, 6.45) is 4.06. The van der Waals surface area contributed by atoms with Gasteiger partial charge in [0.2, 0.25) is 0 Å². The highest BCUT2D eigenvalue weighted by Crippen LogP contribution is 2.68. The monoisotopic (exact) mass is 464 g/mol. The number of aliphatic hydroxyl groups excluding tert-OH is 3. The molecule has 10 atom stereocenters. The van der Waals surface area contributed by atoms with Crippen molar-refractivity contribution in [1.82, 2.24) is 0 Å². The zero-order valence-corrected chi connectivity index (χ0v) is 20.9. The SMILES string of the molecule is C[C@H]([C@H](O)CCC(C)(C)O)[C@H]1CCC2(O)C3=CC(=O)C4CC(O)C(O)C[C@]4(C)[C@H]3CC[C@]12C. The smallest absolute Gasteiger partial charge is 0.159 e. The second-order valence-corrected chi connectivity index (χ2v) is 12.9. The van der Waals surface area contributed by atoms with Crippen molar-refractivity contribution in [2.45, 2.75) is 115 Å². The Morgan fingerprint density at radius 2 is 1.79 bits per heavy atom. The van der Waals surface area contributed by atoms with E-state index in [1.165, 1.54) is 0 Å². The Hall–Kier alpha value is -0.790. The first kappa shape index (κ1) is 25.3. The third-order valence-corrected chi connectivity index (χ3v) is 10.5. The van der Waals surface area contributed by atoms with Gasteiger partial charge in [0, 0.05) is 11.3 Å². The minimum absolute atomic E-state index is 0.00888. The number of carbonyl (C=O) groups excluding carboxylic acids is 1. The molecule has 6 nitrogen and oxygen atoms in total. The molecule has 0 aromatic carbocycles. The molecule has 3 fully saturated rings. The molecule has 0 amide bonds. The van der Waals surface area contributed by atoms with Crippen LogP contribution in [-0.4, -0.2) is 60.8 Å². The highest BCUT2D eigenvalue weighted by molar-refractivity contribution is 5.95. The van der Waals surface area contributed by atoms with Crippen LogP contribution in [0.5, 0.6) is 0 Å². The van der Waals surface area contributed by atoms with Crippen molar-refractivity contribution in [3.05, 3.63) is 11.6 Å². The van der Waals surface area contributed by atoms with Crippen LogP contribution in [-0.2, 0) is 4.79 Å². The van der Waals surface area contributed by atoms with Crippen LogP contribution in [0.4, 0.5) is 0 Å². The van der Waals surface area contributed by atoms with Crippen LogP contribution >= 0.6 is 0 Å². The van der Waals surface area contributed by atoms with Gasteiger partial charge in [-0.25, -0.2) is 0 Å². The van der Waals surface area contributed by atoms with E-state index in [4.69, 9.17) is 0 Å². The molecule has 4 unspecified atom stereocenters. The van der Waals surface area contributed by atoms with Gasteiger partial charge in [0.05, 0.1) is 29.5 Å². The van der Waals surface area contributed by atoms with Gasteiger partial charge in [-0.3, -0.25) is 4.79 Å². The molecule has 0 radical (unpaired) electrons. The molecule has 0 spiro atoms. The number of aliphatic hydroxyl groups is 5. The van der Waals surface area contributed by atoms with Crippen molar-refractivity contribution in [2.24, 2.45) is 34.5 Å². The maximum absolute atomic E-state index is 13.2. The Kier molecular flexibility index (Phi) is 6.23. The van der Waals surface area contributed by atoms with E-state index in [-0.39, 0.29) is 35.9 Å². The largest absolute Gasteiger partial charge is 0.393 e. The number of fused-ring (bicyclic) bond motifs is 5. The average molecular weight is 465 g/mol. The summed E-state index contributed by atoms with van der Waals surface area (Å²) in [5, 5.41) is 53.9. The highest BCUT2D eigenvalue weighted by atomic mass is 16.3. The lowest BCUT2D eigenvalue weighted by Crippen LogP contribution is -2.61. The van der Waals surface area contributed by atoms with Crippen molar-refractivity contribution in [3.8, 4) is 0 Å². The van der Waals surface area contributed by atoms with Gasteiger partial charge in [-0.1, -0.05) is 20.8 Å². The number of hydrogen-bond donors (Lipinski definition) is 5. The third-order valence-electron chi connectivity index (χ3n) is 10.5. The van der Waals surface area contributed by atoms with E-state index in [0.29, 0.717) is 25.7 Å². The summed E-state index contributed by atoms with van der Waals surface area (Å²) in [5.74, 6) is -0.264. The van der Waals surface area contributed by atoms with Gasteiger partial charge in [-0.15, -0.1) is 0 Å². The first-order valence-corrected chi connectivity index (χ1v) is 12.9. The fourth-order valence-corrected chi connectivity index (χ4v) is 8.29. The zero-order valence-electron chi connectivity index (χ0n) is 20.9. The molecule has 4 rings (SSSR count). The Bertz CT molecular complexity index is 816. The molecule has 4 aliphatic carbocycles. The Balaban J connectivity index is 1.62. The molecule has 0 aromatic heterocycles. The number of rotatable bonds is 5. The van der Waals surface area contributed by atoms with Crippen molar-refractivity contribution in [2.75, 3.05) is 0 Å². The van der Waals surface area contributed by atoms with Crippen molar-refractivity contribution >= 4 is 5.78 Å². The molecule has 3 saturated carbocycles. The molecule has 0 saturated heterocycles. The molecule has 0 bridgehead atoms. The summed E-state index contributed by atoms with van der Waals surface area (Å²) in [6, 6.07) is 0. The predicted molar refractivity (Wildman–Crippen MR) is 125 cm³/mol. The Labute approximate surface area is 198 Å². The van der Waals surface area contributed by atoms with E-state index in [0.717, 1.165) is 24.8 Å². The first-order valence-electron chi connectivity index (χ1n) is 12.9. The number of carbonyl (C=O) groups is 1. The van der Waals surface area contributed by atoms with Gasteiger partial charge in [0.15, 0.2) is 5.78 Å². The normalized spacial score (nSPS) is 47.3. The van der Waals surface area contributed by atoms with Crippen molar-refractivity contribution in [1.29, 1.82) is 0 Å². The van der Waals surface area contributed by atoms with E-state index in [2.05, 4.69) is 20.8 Å². The second kappa shape index (κ2) is 8.12. The molecule has 0 heterocycles. The Morgan fingerprint density at radius 3 is 2.42 bits per heavy atom. The maximum atomic E-state index is 13.2. The number of allylic oxidation sites excluding steroid dienone is 1. The van der Waals surface area contributed by atoms with Gasteiger partial charge in [0.1, 0.15) is 0 Å². The van der Waals surface area contributed by atoms with Crippen molar-refractivity contribution in [3.63, 3.8) is 0 Å². The molecule has 6 heteroatoms. The van der Waals surface area contributed by atoms with E-state index in [9.17, 15) is 30.3 Å². The maximum Gasteiger partial charge on any atom is 0.159 e. The lowest BCUT2D eigenvalue weighted by Gasteiger charge is -2.60. The summed E-state index contributed by atoms with van der Waals surface area (Å²) in [5.41, 5.74) is -2.01. The van der Waals surface area contributed by atoms with Crippen LogP contribution in [0.15, 0.2) is 11.6 Å². The molecule has 0 aromatic rings. The van der Waals surface area contributed by atoms with Crippen LogP contribution in [0.3, 0.4) is 0 Å². The lowest BCUT2D eigenvalue weighted by atomic mass is 9.46. The molecule has 33 heavy (non-hydrogen) atoms. The second-order valence-electron chi connectivity index (χ2n) is 12.9. The number of ketones is 1. The molecule has 5 N–H and O–H groups in total. The quantitative estimate of drug-likeness (QED) is 0.427. The summed E-state index contributed by atoms with van der Waals surface area (Å²) >= 11 is 0. The van der Waals surface area contributed by atoms with Crippen molar-refractivity contribution < 1.29 is 30.3 Å². The van der Waals surface area contributed by atoms with Crippen LogP contribution in [0, 0.1) is 34.5 Å². The van der Waals surface area contributed by atoms with E-state index in [1.54, 1.807) is 19.9 Å². The van der Waals surface area contributed by atoms with E-state index < -0.39 is 40.3 Å². The molecular weight excluding hydrogens is 420 g/mol. The van der Waals surface area contributed by atoms with Crippen LogP contribution in [0.25, 0.3) is 0 Å². The van der Waals surface area contributed by atoms with Crippen LogP contribution in [0.2, 0.25) is 0 Å². The summed E-state index contributed by atoms with van der Waals surface area (Å²) in [7, 11) is 0. The van der Waals surface area contributed by atoms with Crippen LogP contribution < -0.4 is 0 Å². The minimum Gasteiger partial charge on any atom is -0.393 e. The van der Waals surface area contributed by atoms with Gasteiger partial charge in [-0.05, 0) is 100 Å². The predicted octanol–water partition coefficient (Wildman–Crippen LogP) is 2.74. The van der Waals surface area contributed by atoms with Gasteiger partial charge in [-0.2, -0.15) is 0 Å². The fourth-order valence-electron chi connectivity index (χ4n) is 8.29. The average Bonchev–Trinajstić information content (AvgIpc) is 2.99.